The summed E-state index contributed by atoms with van der Waals surface area (Å²) in [5.74, 6) is -0.299. The first-order valence-electron chi connectivity index (χ1n) is 9.50. The molecule has 29 heavy (non-hydrogen) atoms. The van der Waals surface area contributed by atoms with Crippen molar-refractivity contribution in [2.45, 2.75) is 12.8 Å². The van der Waals surface area contributed by atoms with Gasteiger partial charge in [0.1, 0.15) is 0 Å². The van der Waals surface area contributed by atoms with E-state index in [-0.39, 0.29) is 20.7 Å². The average Bonchev–Trinajstić information content (AvgIpc) is 3.04. The second-order valence-corrected chi connectivity index (χ2v) is 10.8. The molecule has 0 bridgehead atoms. The molecule has 1 aliphatic heterocycles. The number of hydrogen-bond acceptors (Lipinski definition) is 4. The maximum absolute atomic E-state index is 10.9. The van der Waals surface area contributed by atoms with Gasteiger partial charge in [-0.1, -0.05) is 0 Å². The topological polar surface area (TPSA) is 64.3 Å². The molecule has 0 radical (unpaired) electrons. The van der Waals surface area contributed by atoms with Crippen molar-refractivity contribution in [3.05, 3.63) is 71.0 Å². The van der Waals surface area contributed by atoms with Gasteiger partial charge in [-0.05, 0) is 0 Å². The van der Waals surface area contributed by atoms with Crippen LogP contribution in [0, 0.1) is 0 Å². The number of para-hydroxylation sites is 2. The van der Waals surface area contributed by atoms with Gasteiger partial charge in [0.25, 0.3) is 0 Å². The number of aryl methyl sites for hydroxylation is 1. The summed E-state index contributed by atoms with van der Waals surface area (Å²) >= 11 is 0.180. The normalized spacial score (nSPS) is 15.2. The number of fused-ring (bicyclic) bond motifs is 2. The van der Waals surface area contributed by atoms with Gasteiger partial charge in [-0.25, -0.2) is 0 Å². The molecular weight excluding hydrogens is 451 g/mol. The van der Waals surface area contributed by atoms with Crippen LogP contribution in [-0.4, -0.2) is 40.2 Å². The number of pyridine rings is 1. The summed E-state index contributed by atoms with van der Waals surface area (Å²) in [5, 5.41) is 1.20. The van der Waals surface area contributed by atoms with Gasteiger partial charge < -0.3 is 0 Å². The summed E-state index contributed by atoms with van der Waals surface area (Å²) in [6.45, 7) is 0.706. The average molecular weight is 473 g/mol. The van der Waals surface area contributed by atoms with Gasteiger partial charge in [0.05, 0.1) is 0 Å². The third-order valence-electron chi connectivity index (χ3n) is 5.05. The molecule has 0 spiro atoms. The van der Waals surface area contributed by atoms with E-state index in [1.165, 1.54) is 25.6 Å². The van der Waals surface area contributed by atoms with Gasteiger partial charge in [0, 0.05) is 0 Å². The Morgan fingerprint density at radius 3 is 2.62 bits per heavy atom. The molecule has 2 aromatic carbocycles. The van der Waals surface area contributed by atoms with Crippen LogP contribution < -0.4 is 13.9 Å². The minimum absolute atomic E-state index is 0.180. The van der Waals surface area contributed by atoms with E-state index in [9.17, 15) is 13.0 Å². The number of anilines is 1. The van der Waals surface area contributed by atoms with Crippen molar-refractivity contribution in [2.75, 3.05) is 17.2 Å². The quantitative estimate of drug-likeness (QED) is 0.238. The Balaban J connectivity index is 1.64. The predicted molar refractivity (Wildman–Crippen MR) is 116 cm³/mol. The van der Waals surface area contributed by atoms with Crippen molar-refractivity contribution in [1.29, 1.82) is 0 Å². The Kier molecular flexibility index (Phi) is 5.74. The van der Waals surface area contributed by atoms with Crippen LogP contribution in [0.3, 0.4) is 0 Å². The standard InChI is InChI=1S/C22H22N2O3SSe/c1-23-18(13-12-17-8-2-3-9-19(17)23)16-22-24(14-6-7-15-28(25,26)27)20-10-4-5-11-21(20)29-22/h2-5,8-13,16H,6-7,14-15H2,1H3. The monoisotopic (exact) mass is 474 g/mol. The fraction of sp³-hybridized carbons (Fsp3) is 0.227. The maximum atomic E-state index is 10.9. The van der Waals surface area contributed by atoms with Gasteiger partial charge >= 0.3 is 178 Å². The van der Waals surface area contributed by atoms with Gasteiger partial charge in [-0.2, -0.15) is 0 Å². The summed E-state index contributed by atoms with van der Waals surface area (Å²) in [6.07, 6.45) is 3.28. The molecular formula is C22H22N2O3SSe. The van der Waals surface area contributed by atoms with Crippen LogP contribution in [0.25, 0.3) is 17.0 Å². The third kappa shape index (κ3) is 4.54. The second kappa shape index (κ2) is 8.28. The Hall–Kier alpha value is -2.18. The van der Waals surface area contributed by atoms with E-state index >= 15 is 0 Å². The van der Waals surface area contributed by atoms with E-state index in [1.54, 1.807) is 0 Å². The first kappa shape index (κ1) is 20.1. The molecule has 0 aliphatic carbocycles. The Morgan fingerprint density at radius 1 is 1.03 bits per heavy atom. The van der Waals surface area contributed by atoms with Crippen LogP contribution in [0.5, 0.6) is 0 Å². The van der Waals surface area contributed by atoms with Crippen LogP contribution in [-0.2, 0) is 17.2 Å². The van der Waals surface area contributed by atoms with Crippen LogP contribution in [0.15, 0.2) is 65.3 Å². The molecule has 3 aromatic rings. The molecule has 150 valence electrons. The van der Waals surface area contributed by atoms with Crippen molar-refractivity contribution < 1.29 is 17.5 Å². The summed E-state index contributed by atoms with van der Waals surface area (Å²) in [5.41, 5.74) is 3.49. The minimum atomic E-state index is -4.15. The summed E-state index contributed by atoms with van der Waals surface area (Å²) < 4.78 is 37.5. The Bertz CT molecular complexity index is 1190. The number of benzene rings is 2. The van der Waals surface area contributed by atoms with Gasteiger partial charge in [-0.15, -0.1) is 0 Å². The van der Waals surface area contributed by atoms with E-state index in [0.717, 1.165) is 5.69 Å². The summed E-state index contributed by atoms with van der Waals surface area (Å²) in [4.78, 5) is 2.28. The first-order chi connectivity index (χ1) is 13.9. The predicted octanol–water partition coefficient (Wildman–Crippen LogP) is 2.14. The molecule has 0 N–H and O–H groups in total. The third-order valence-corrected chi connectivity index (χ3v) is 8.18. The van der Waals surface area contributed by atoms with Gasteiger partial charge in [0.15, 0.2) is 0 Å². The zero-order valence-electron chi connectivity index (χ0n) is 16.1. The van der Waals surface area contributed by atoms with Crippen LogP contribution >= 0.6 is 0 Å². The van der Waals surface area contributed by atoms with Crippen molar-refractivity contribution in [3.8, 4) is 0 Å². The molecule has 2 heterocycles. The molecule has 0 unspecified atom stereocenters. The first-order valence-corrected chi connectivity index (χ1v) is 12.8. The Labute approximate surface area is 177 Å². The van der Waals surface area contributed by atoms with Crippen LogP contribution in [0.4, 0.5) is 5.69 Å². The molecule has 0 fully saturated rings. The van der Waals surface area contributed by atoms with E-state index in [4.69, 9.17) is 0 Å². The zero-order valence-corrected chi connectivity index (χ0v) is 18.6. The second-order valence-electron chi connectivity index (χ2n) is 7.05. The molecule has 4 rings (SSSR count). The van der Waals surface area contributed by atoms with Crippen molar-refractivity contribution in [2.24, 2.45) is 7.05 Å². The molecule has 0 atom stereocenters. The van der Waals surface area contributed by atoms with E-state index < -0.39 is 10.1 Å². The molecule has 5 nitrogen and oxygen atoms in total. The molecule has 0 saturated heterocycles. The van der Waals surface area contributed by atoms with E-state index in [1.807, 2.05) is 18.2 Å². The fourth-order valence-electron chi connectivity index (χ4n) is 3.57. The molecule has 0 amide bonds. The number of nitrogens with zero attached hydrogens (tertiary/aromatic N) is 2. The number of aromatic nitrogens is 1. The molecule has 1 aromatic heterocycles. The fourth-order valence-corrected chi connectivity index (χ4v) is 6.51. The van der Waals surface area contributed by atoms with Crippen LogP contribution in [0.2, 0.25) is 0 Å². The SMILES string of the molecule is C[n+]1c(C=C2[Se]c3ccccc3N2CCCCS(=O)(=O)[O-])ccc2ccccc21. The summed E-state index contributed by atoms with van der Waals surface area (Å²) in [6, 6.07) is 21.0. The van der Waals surface area contributed by atoms with E-state index in [2.05, 4.69) is 65.1 Å². The number of hydrogen-bond donors (Lipinski definition) is 0. The molecule has 0 saturated carbocycles. The summed E-state index contributed by atoms with van der Waals surface area (Å²) in [7, 11) is -2.07. The van der Waals surface area contributed by atoms with E-state index in [0.29, 0.717) is 19.4 Å². The van der Waals surface area contributed by atoms with Crippen molar-refractivity contribution in [1.82, 2.24) is 0 Å². The van der Waals surface area contributed by atoms with Gasteiger partial charge in [0.2, 0.25) is 0 Å². The number of unbranched alkanes of at least 4 members (excludes halogenated alkanes) is 1. The molecule has 1 aliphatic rings. The van der Waals surface area contributed by atoms with Crippen molar-refractivity contribution in [3.63, 3.8) is 0 Å². The zero-order chi connectivity index (χ0) is 20.4. The Morgan fingerprint density at radius 2 is 1.79 bits per heavy atom. The molecule has 7 heteroatoms. The van der Waals surface area contributed by atoms with Crippen molar-refractivity contribution >= 4 is 52.2 Å². The van der Waals surface area contributed by atoms with Crippen LogP contribution in [0.1, 0.15) is 18.5 Å². The van der Waals surface area contributed by atoms with Gasteiger partial charge in [-0.3, -0.25) is 0 Å². The number of rotatable bonds is 6.